The van der Waals surface area contributed by atoms with E-state index in [4.69, 9.17) is 34.7 Å². The summed E-state index contributed by atoms with van der Waals surface area (Å²) in [5, 5.41) is 1.25. The number of halogens is 2. The van der Waals surface area contributed by atoms with Crippen LogP contribution in [0.4, 0.5) is 11.4 Å². The van der Waals surface area contributed by atoms with E-state index in [1.807, 2.05) is 60.7 Å². The Morgan fingerprint density at radius 2 is 1.13 bits per heavy atom. The van der Waals surface area contributed by atoms with Gasteiger partial charge in [0, 0.05) is 27.3 Å². The van der Waals surface area contributed by atoms with Gasteiger partial charge >= 0.3 is 0 Å². The van der Waals surface area contributed by atoms with Gasteiger partial charge in [-0.3, -0.25) is 0 Å². The van der Waals surface area contributed by atoms with Gasteiger partial charge in [-0.1, -0.05) is 53.5 Å². The predicted octanol–water partition coefficient (Wildman–Crippen LogP) is 5.34. The number of nitrogens with two attached hydrogens (primary N) is 2. The van der Waals surface area contributed by atoms with Crippen LogP contribution in [-0.2, 0) is 0 Å². The lowest BCUT2D eigenvalue weighted by molar-refractivity contribution is 0.978. The van der Waals surface area contributed by atoms with Crippen LogP contribution >= 0.6 is 23.2 Å². The van der Waals surface area contributed by atoms with Crippen molar-refractivity contribution in [2.45, 2.75) is 5.92 Å². The molecule has 0 heterocycles. The first-order chi connectivity index (χ1) is 11.0. The fourth-order valence-electron chi connectivity index (χ4n) is 2.66. The normalized spacial score (nSPS) is 10.9. The van der Waals surface area contributed by atoms with Gasteiger partial charge in [0.2, 0.25) is 0 Å². The van der Waals surface area contributed by atoms with Crippen molar-refractivity contribution in [1.29, 1.82) is 0 Å². The van der Waals surface area contributed by atoms with Crippen molar-refractivity contribution in [1.82, 2.24) is 0 Å². The third-order valence-electron chi connectivity index (χ3n) is 3.81. The van der Waals surface area contributed by atoms with Gasteiger partial charge in [-0.25, -0.2) is 0 Å². The molecule has 4 heteroatoms. The number of nitrogen functional groups attached to an aromatic ring is 2. The molecule has 0 saturated heterocycles. The highest BCUT2D eigenvalue weighted by atomic mass is 35.5. The quantitative estimate of drug-likeness (QED) is 0.498. The van der Waals surface area contributed by atoms with Crippen LogP contribution in [0.2, 0.25) is 10.0 Å². The first-order valence-corrected chi connectivity index (χ1v) is 7.96. The fraction of sp³-hybridized carbons (Fsp3) is 0.0526. The molecule has 4 N–H and O–H groups in total. The summed E-state index contributed by atoms with van der Waals surface area (Å²) >= 11 is 12.5. The van der Waals surface area contributed by atoms with Gasteiger partial charge in [-0.2, -0.15) is 0 Å². The van der Waals surface area contributed by atoms with Crippen LogP contribution in [0.25, 0.3) is 0 Å². The van der Waals surface area contributed by atoms with E-state index in [-0.39, 0.29) is 5.92 Å². The molecule has 3 aromatic rings. The third-order valence-corrected chi connectivity index (χ3v) is 4.38. The van der Waals surface area contributed by atoms with E-state index in [0.717, 1.165) is 28.1 Å². The Morgan fingerprint density at radius 3 is 1.57 bits per heavy atom. The Hall–Kier alpha value is -2.16. The molecular weight excluding hydrogens is 327 g/mol. The molecule has 0 aliphatic heterocycles. The molecule has 0 saturated carbocycles. The first-order valence-electron chi connectivity index (χ1n) is 7.20. The summed E-state index contributed by atoms with van der Waals surface area (Å²) in [6, 6.07) is 21.2. The van der Waals surface area contributed by atoms with Gasteiger partial charge in [-0.15, -0.1) is 0 Å². The number of hydrogen-bond acceptors (Lipinski definition) is 2. The average Bonchev–Trinajstić information content (AvgIpc) is 2.53. The predicted molar refractivity (Wildman–Crippen MR) is 99.1 cm³/mol. The molecule has 3 aromatic carbocycles. The number of hydrogen-bond donors (Lipinski definition) is 2. The van der Waals surface area contributed by atoms with Gasteiger partial charge < -0.3 is 11.5 Å². The maximum absolute atomic E-state index is 6.45. The molecule has 2 nitrogen and oxygen atoms in total. The van der Waals surface area contributed by atoms with E-state index < -0.39 is 0 Å². The minimum absolute atomic E-state index is 0.0130. The van der Waals surface area contributed by atoms with E-state index in [2.05, 4.69) is 0 Å². The minimum Gasteiger partial charge on any atom is -0.399 e. The Kier molecular flexibility index (Phi) is 4.46. The molecule has 0 aromatic heterocycles. The largest absolute Gasteiger partial charge is 0.399 e. The molecule has 0 atom stereocenters. The smallest absolute Gasteiger partial charge is 0.0462 e. The zero-order valence-electron chi connectivity index (χ0n) is 12.3. The summed E-state index contributed by atoms with van der Waals surface area (Å²) in [7, 11) is 0. The second kappa shape index (κ2) is 6.53. The molecule has 0 unspecified atom stereocenters. The Morgan fingerprint density at radius 1 is 0.652 bits per heavy atom. The summed E-state index contributed by atoms with van der Waals surface area (Å²) in [6.45, 7) is 0. The van der Waals surface area contributed by atoms with Crippen LogP contribution in [0.3, 0.4) is 0 Å². The molecule has 3 rings (SSSR count). The summed E-state index contributed by atoms with van der Waals surface area (Å²) in [5.74, 6) is -0.0130. The Balaban J connectivity index is 2.16. The molecule has 0 aliphatic carbocycles. The van der Waals surface area contributed by atoms with Gasteiger partial charge in [0.05, 0.1) is 0 Å². The van der Waals surface area contributed by atoms with Crippen molar-refractivity contribution in [2.75, 3.05) is 11.5 Å². The number of benzene rings is 3. The van der Waals surface area contributed by atoms with E-state index in [1.165, 1.54) is 0 Å². The van der Waals surface area contributed by atoms with Crippen molar-refractivity contribution in [2.24, 2.45) is 0 Å². The lowest BCUT2D eigenvalue weighted by atomic mass is 9.85. The maximum atomic E-state index is 6.45. The highest BCUT2D eigenvalue weighted by Gasteiger charge is 2.19. The second-order valence-electron chi connectivity index (χ2n) is 5.43. The van der Waals surface area contributed by atoms with Crippen LogP contribution in [-0.4, -0.2) is 0 Å². The van der Waals surface area contributed by atoms with Crippen LogP contribution in [0, 0.1) is 0 Å². The Bertz CT molecular complexity index is 766. The van der Waals surface area contributed by atoms with E-state index in [0.29, 0.717) is 10.0 Å². The van der Waals surface area contributed by atoms with E-state index in [9.17, 15) is 0 Å². The molecule has 23 heavy (non-hydrogen) atoms. The van der Waals surface area contributed by atoms with Gasteiger partial charge in [-0.05, 0) is 53.1 Å². The van der Waals surface area contributed by atoms with Crippen LogP contribution in [0.5, 0.6) is 0 Å². The fourth-order valence-corrected chi connectivity index (χ4v) is 3.18. The Labute approximate surface area is 145 Å². The average molecular weight is 343 g/mol. The van der Waals surface area contributed by atoms with E-state index in [1.54, 1.807) is 6.07 Å². The van der Waals surface area contributed by atoms with Crippen LogP contribution in [0.15, 0.2) is 66.7 Å². The molecular formula is C19H16Cl2N2. The molecule has 0 radical (unpaired) electrons. The van der Waals surface area contributed by atoms with Crippen molar-refractivity contribution >= 4 is 34.6 Å². The monoisotopic (exact) mass is 342 g/mol. The van der Waals surface area contributed by atoms with Crippen molar-refractivity contribution < 1.29 is 0 Å². The standard InChI is InChI=1S/C19H16Cl2N2/c20-14-5-10-17(18(21)11-14)19(12-1-6-15(22)7-2-12)13-3-8-16(23)9-4-13/h1-11,19H,22-23H2. The molecule has 116 valence electrons. The summed E-state index contributed by atoms with van der Waals surface area (Å²) in [5.41, 5.74) is 16.3. The van der Waals surface area contributed by atoms with Gasteiger partial charge in [0.15, 0.2) is 0 Å². The van der Waals surface area contributed by atoms with Gasteiger partial charge in [0.25, 0.3) is 0 Å². The second-order valence-corrected chi connectivity index (χ2v) is 6.28. The van der Waals surface area contributed by atoms with Crippen molar-refractivity contribution in [3.63, 3.8) is 0 Å². The summed E-state index contributed by atoms with van der Waals surface area (Å²) in [6.07, 6.45) is 0. The lowest BCUT2D eigenvalue weighted by Gasteiger charge is -2.20. The van der Waals surface area contributed by atoms with Gasteiger partial charge in [0.1, 0.15) is 0 Å². The maximum Gasteiger partial charge on any atom is 0.0462 e. The third kappa shape index (κ3) is 3.44. The van der Waals surface area contributed by atoms with E-state index >= 15 is 0 Å². The minimum atomic E-state index is -0.0130. The highest BCUT2D eigenvalue weighted by Crippen LogP contribution is 2.37. The zero-order chi connectivity index (χ0) is 16.4. The lowest BCUT2D eigenvalue weighted by Crippen LogP contribution is -2.05. The summed E-state index contributed by atoms with van der Waals surface area (Å²) < 4.78 is 0. The molecule has 0 fully saturated rings. The number of rotatable bonds is 3. The SMILES string of the molecule is Nc1ccc(C(c2ccc(N)cc2)c2ccc(Cl)cc2Cl)cc1. The number of anilines is 2. The van der Waals surface area contributed by atoms with Crippen molar-refractivity contribution in [3.05, 3.63) is 93.5 Å². The molecule has 0 spiro atoms. The van der Waals surface area contributed by atoms with Crippen LogP contribution < -0.4 is 11.5 Å². The summed E-state index contributed by atoms with van der Waals surface area (Å²) in [4.78, 5) is 0. The van der Waals surface area contributed by atoms with Crippen molar-refractivity contribution in [3.8, 4) is 0 Å². The molecule has 0 aliphatic rings. The molecule has 0 amide bonds. The molecule has 0 bridgehead atoms. The highest BCUT2D eigenvalue weighted by molar-refractivity contribution is 6.35. The van der Waals surface area contributed by atoms with Crippen LogP contribution in [0.1, 0.15) is 22.6 Å². The first kappa shape index (κ1) is 15.7. The topological polar surface area (TPSA) is 52.0 Å². The zero-order valence-corrected chi connectivity index (χ0v) is 13.9.